The normalized spacial score (nSPS) is 18.3. The first kappa shape index (κ1) is 14.3. The molecule has 6 nitrogen and oxygen atoms in total. The van der Waals surface area contributed by atoms with Crippen molar-refractivity contribution < 1.29 is 4.74 Å². The molecule has 1 aliphatic heterocycles. The van der Waals surface area contributed by atoms with Gasteiger partial charge in [0.15, 0.2) is 5.82 Å². The molecule has 0 bridgehead atoms. The molecule has 19 heavy (non-hydrogen) atoms. The zero-order valence-corrected chi connectivity index (χ0v) is 12.1. The van der Waals surface area contributed by atoms with Gasteiger partial charge in [-0.3, -0.25) is 4.90 Å². The van der Waals surface area contributed by atoms with E-state index in [2.05, 4.69) is 27.1 Å². The minimum atomic E-state index is 0.216. The predicted molar refractivity (Wildman–Crippen MR) is 76.5 cm³/mol. The van der Waals surface area contributed by atoms with Crippen LogP contribution in [0, 0.1) is 6.92 Å². The molecule has 1 aromatic rings. The third-order valence-corrected chi connectivity index (χ3v) is 3.30. The van der Waals surface area contributed by atoms with Gasteiger partial charge in [-0.05, 0) is 25.4 Å². The van der Waals surface area contributed by atoms with Crippen LogP contribution in [-0.4, -0.2) is 53.8 Å². The number of anilines is 2. The molecule has 2 heterocycles. The van der Waals surface area contributed by atoms with E-state index in [9.17, 15) is 0 Å². The first-order chi connectivity index (χ1) is 9.06. The molecule has 106 valence electrons. The SMILES string of the molecule is Cc1nc(Cl)nc(NC(C)CN2CCOCC2)c1N. The molecule has 3 N–H and O–H groups in total. The largest absolute Gasteiger partial charge is 0.394 e. The molecule has 1 aromatic heterocycles. The van der Waals surface area contributed by atoms with Gasteiger partial charge in [0.1, 0.15) is 0 Å². The molecule has 1 saturated heterocycles. The van der Waals surface area contributed by atoms with E-state index in [4.69, 9.17) is 22.1 Å². The van der Waals surface area contributed by atoms with Gasteiger partial charge in [0.05, 0.1) is 24.6 Å². The Morgan fingerprint density at radius 1 is 1.42 bits per heavy atom. The number of halogens is 1. The highest BCUT2D eigenvalue weighted by Crippen LogP contribution is 2.21. The van der Waals surface area contributed by atoms with Crippen molar-refractivity contribution in [3.8, 4) is 0 Å². The Bertz CT molecular complexity index is 436. The molecule has 0 aliphatic carbocycles. The number of nitrogens with two attached hydrogens (primary N) is 1. The number of aromatic nitrogens is 2. The fourth-order valence-corrected chi connectivity index (χ4v) is 2.32. The molecule has 0 aromatic carbocycles. The summed E-state index contributed by atoms with van der Waals surface area (Å²) < 4.78 is 5.33. The zero-order chi connectivity index (χ0) is 13.8. The summed E-state index contributed by atoms with van der Waals surface area (Å²) >= 11 is 5.85. The summed E-state index contributed by atoms with van der Waals surface area (Å²) in [4.78, 5) is 10.5. The van der Waals surface area contributed by atoms with Crippen molar-refractivity contribution >= 4 is 23.1 Å². The number of nitrogens with one attached hydrogen (secondary N) is 1. The maximum atomic E-state index is 5.95. The molecule has 0 spiro atoms. The fourth-order valence-electron chi connectivity index (χ4n) is 2.11. The Hall–Kier alpha value is -1.11. The predicted octanol–water partition coefficient (Wildman–Crippen LogP) is 1.15. The van der Waals surface area contributed by atoms with Crippen LogP contribution in [-0.2, 0) is 4.74 Å². The summed E-state index contributed by atoms with van der Waals surface area (Å²) in [6.45, 7) is 8.36. The van der Waals surface area contributed by atoms with Crippen LogP contribution in [0.4, 0.5) is 11.5 Å². The zero-order valence-electron chi connectivity index (χ0n) is 11.3. The Balaban J connectivity index is 1.96. The van der Waals surface area contributed by atoms with E-state index in [1.54, 1.807) is 0 Å². The third-order valence-electron chi connectivity index (χ3n) is 3.13. The first-order valence-electron chi connectivity index (χ1n) is 6.42. The number of nitrogen functional groups attached to an aromatic ring is 1. The molecule has 1 atom stereocenters. The van der Waals surface area contributed by atoms with Crippen LogP contribution in [0.25, 0.3) is 0 Å². The second-order valence-corrected chi connectivity index (χ2v) is 5.14. The second kappa shape index (κ2) is 6.36. The minimum absolute atomic E-state index is 0.216. The molecule has 1 unspecified atom stereocenters. The Morgan fingerprint density at radius 3 is 2.79 bits per heavy atom. The molecule has 0 radical (unpaired) electrons. The van der Waals surface area contributed by atoms with Crippen molar-refractivity contribution in [2.45, 2.75) is 19.9 Å². The summed E-state index contributed by atoms with van der Waals surface area (Å²) in [7, 11) is 0. The van der Waals surface area contributed by atoms with E-state index < -0.39 is 0 Å². The van der Waals surface area contributed by atoms with E-state index in [-0.39, 0.29) is 11.3 Å². The van der Waals surface area contributed by atoms with Gasteiger partial charge in [0.25, 0.3) is 0 Å². The lowest BCUT2D eigenvalue weighted by Gasteiger charge is -2.29. The average molecular weight is 286 g/mol. The van der Waals surface area contributed by atoms with Crippen LogP contribution >= 0.6 is 11.6 Å². The number of hydrogen-bond donors (Lipinski definition) is 2. The van der Waals surface area contributed by atoms with E-state index in [0.717, 1.165) is 32.8 Å². The molecule has 1 fully saturated rings. The highest BCUT2D eigenvalue weighted by Gasteiger charge is 2.15. The average Bonchev–Trinajstić information content (AvgIpc) is 2.36. The number of aryl methyl sites for hydroxylation is 1. The fraction of sp³-hybridized carbons (Fsp3) is 0.667. The molecule has 1 aliphatic rings. The highest BCUT2D eigenvalue weighted by atomic mass is 35.5. The maximum absolute atomic E-state index is 5.95. The van der Waals surface area contributed by atoms with Gasteiger partial charge in [-0.2, -0.15) is 4.98 Å². The summed E-state index contributed by atoms with van der Waals surface area (Å²) in [5.74, 6) is 0.609. The van der Waals surface area contributed by atoms with Crippen LogP contribution in [0.3, 0.4) is 0 Å². The Morgan fingerprint density at radius 2 is 2.11 bits per heavy atom. The van der Waals surface area contributed by atoms with Gasteiger partial charge in [0.2, 0.25) is 5.28 Å². The molecular weight excluding hydrogens is 266 g/mol. The lowest BCUT2D eigenvalue weighted by atomic mass is 10.2. The maximum Gasteiger partial charge on any atom is 0.224 e. The van der Waals surface area contributed by atoms with Crippen LogP contribution < -0.4 is 11.1 Å². The van der Waals surface area contributed by atoms with Crippen molar-refractivity contribution in [1.29, 1.82) is 0 Å². The van der Waals surface area contributed by atoms with Crippen molar-refractivity contribution in [2.75, 3.05) is 43.9 Å². The smallest absolute Gasteiger partial charge is 0.224 e. The summed E-state index contributed by atoms with van der Waals surface area (Å²) in [5.41, 5.74) is 7.20. The molecule has 0 amide bonds. The summed E-state index contributed by atoms with van der Waals surface area (Å²) in [5, 5.41) is 3.51. The summed E-state index contributed by atoms with van der Waals surface area (Å²) in [6.07, 6.45) is 0. The molecule has 2 rings (SSSR count). The Labute approximate surface area is 118 Å². The number of ether oxygens (including phenoxy) is 1. The number of morpholine rings is 1. The van der Waals surface area contributed by atoms with Gasteiger partial charge in [-0.1, -0.05) is 0 Å². The van der Waals surface area contributed by atoms with Crippen LogP contribution in [0.2, 0.25) is 5.28 Å². The second-order valence-electron chi connectivity index (χ2n) is 4.80. The van der Waals surface area contributed by atoms with E-state index in [1.165, 1.54) is 0 Å². The molecular formula is C12H20ClN5O. The van der Waals surface area contributed by atoms with Gasteiger partial charge >= 0.3 is 0 Å². The van der Waals surface area contributed by atoms with Crippen molar-refractivity contribution in [3.63, 3.8) is 0 Å². The highest BCUT2D eigenvalue weighted by molar-refractivity contribution is 6.28. The lowest BCUT2D eigenvalue weighted by Crippen LogP contribution is -2.42. The minimum Gasteiger partial charge on any atom is -0.394 e. The van der Waals surface area contributed by atoms with Gasteiger partial charge in [0, 0.05) is 25.7 Å². The molecule has 0 saturated carbocycles. The van der Waals surface area contributed by atoms with Crippen molar-refractivity contribution in [2.24, 2.45) is 0 Å². The van der Waals surface area contributed by atoms with Gasteiger partial charge in [-0.25, -0.2) is 4.98 Å². The number of nitrogens with zero attached hydrogens (tertiary/aromatic N) is 3. The summed E-state index contributed by atoms with van der Waals surface area (Å²) in [6, 6.07) is 0.228. The van der Waals surface area contributed by atoms with E-state index in [0.29, 0.717) is 17.2 Å². The van der Waals surface area contributed by atoms with Gasteiger partial charge < -0.3 is 15.8 Å². The quantitative estimate of drug-likeness (QED) is 0.809. The van der Waals surface area contributed by atoms with Gasteiger partial charge in [-0.15, -0.1) is 0 Å². The van der Waals surface area contributed by atoms with E-state index in [1.807, 2.05) is 6.92 Å². The third kappa shape index (κ3) is 3.92. The van der Waals surface area contributed by atoms with E-state index >= 15 is 0 Å². The first-order valence-corrected chi connectivity index (χ1v) is 6.80. The monoisotopic (exact) mass is 285 g/mol. The topological polar surface area (TPSA) is 76.3 Å². The van der Waals surface area contributed by atoms with Crippen LogP contribution in [0.15, 0.2) is 0 Å². The molecule has 7 heteroatoms. The van der Waals surface area contributed by atoms with Crippen molar-refractivity contribution in [1.82, 2.24) is 14.9 Å². The van der Waals surface area contributed by atoms with Crippen LogP contribution in [0.5, 0.6) is 0 Å². The lowest BCUT2D eigenvalue weighted by molar-refractivity contribution is 0.0368. The van der Waals surface area contributed by atoms with Crippen LogP contribution in [0.1, 0.15) is 12.6 Å². The number of rotatable bonds is 4. The number of hydrogen-bond acceptors (Lipinski definition) is 6. The standard InChI is InChI=1S/C12H20ClN5O/c1-8(7-18-3-5-19-6-4-18)15-11-10(14)9(2)16-12(13)17-11/h8H,3-7,14H2,1-2H3,(H,15,16,17). The Kier molecular flexibility index (Phi) is 4.79. The van der Waals surface area contributed by atoms with Crippen molar-refractivity contribution in [3.05, 3.63) is 11.0 Å².